The Hall–Kier alpha value is -0.650. The highest BCUT2D eigenvalue weighted by atomic mass is 19.3. The highest BCUT2D eigenvalue weighted by Crippen LogP contribution is 2.40. The third kappa shape index (κ3) is 2.05. The Kier molecular flexibility index (Phi) is 2.85. The van der Waals surface area contributed by atoms with E-state index in [2.05, 4.69) is 0 Å². The second-order valence-corrected chi connectivity index (χ2v) is 3.45. The number of Topliss-reactive ketones (excluding diaryl/α,β-unsaturated/α-hetero) is 1. The minimum atomic E-state index is -4.01. The van der Waals surface area contributed by atoms with Crippen molar-refractivity contribution in [3.05, 3.63) is 0 Å². The molecule has 0 unspecified atom stereocenters. The minimum Gasteiger partial charge on any atom is -0.298 e. The molecule has 0 N–H and O–H groups in total. The SMILES string of the molecule is CCC(=O)CN1CC(F)(F)C(F)(F)C1. The monoisotopic (exact) mass is 213 g/mol. The van der Waals surface area contributed by atoms with E-state index in [-0.39, 0.29) is 18.7 Å². The zero-order chi connectivity index (χ0) is 11.0. The average Bonchev–Trinajstić information content (AvgIpc) is 2.20. The van der Waals surface area contributed by atoms with Crippen molar-refractivity contribution < 1.29 is 22.4 Å². The average molecular weight is 213 g/mol. The van der Waals surface area contributed by atoms with Gasteiger partial charge in [0.25, 0.3) is 0 Å². The lowest BCUT2D eigenvalue weighted by Crippen LogP contribution is -2.38. The van der Waals surface area contributed by atoms with Crippen LogP contribution in [0.2, 0.25) is 0 Å². The number of carbonyl (C=O) groups excluding carboxylic acids is 1. The van der Waals surface area contributed by atoms with E-state index in [9.17, 15) is 22.4 Å². The first-order valence-electron chi connectivity index (χ1n) is 4.28. The van der Waals surface area contributed by atoms with Crippen molar-refractivity contribution in [3.63, 3.8) is 0 Å². The van der Waals surface area contributed by atoms with E-state index in [4.69, 9.17) is 0 Å². The molecule has 1 saturated heterocycles. The number of nitrogens with zero attached hydrogens (tertiary/aromatic N) is 1. The zero-order valence-corrected chi connectivity index (χ0v) is 7.70. The third-order valence-corrected chi connectivity index (χ3v) is 2.17. The number of hydrogen-bond donors (Lipinski definition) is 0. The Morgan fingerprint density at radius 2 is 1.64 bits per heavy atom. The molecule has 1 fully saturated rings. The molecule has 0 atom stereocenters. The van der Waals surface area contributed by atoms with Crippen molar-refractivity contribution in [2.75, 3.05) is 19.6 Å². The maximum absolute atomic E-state index is 12.6. The van der Waals surface area contributed by atoms with Gasteiger partial charge < -0.3 is 0 Å². The van der Waals surface area contributed by atoms with Gasteiger partial charge in [0.1, 0.15) is 5.78 Å². The second kappa shape index (κ2) is 3.49. The number of rotatable bonds is 3. The van der Waals surface area contributed by atoms with E-state index < -0.39 is 24.9 Å². The Morgan fingerprint density at radius 1 is 1.21 bits per heavy atom. The standard InChI is InChI=1S/C8H11F4NO/c1-2-6(14)3-13-4-7(9,10)8(11,12)5-13/h2-5H2,1H3. The van der Waals surface area contributed by atoms with Crippen LogP contribution in [0.25, 0.3) is 0 Å². The fraction of sp³-hybridized carbons (Fsp3) is 0.875. The van der Waals surface area contributed by atoms with Crippen molar-refractivity contribution in [2.24, 2.45) is 0 Å². The summed E-state index contributed by atoms with van der Waals surface area (Å²) in [6.07, 6.45) is 0.174. The van der Waals surface area contributed by atoms with Crippen LogP contribution in [-0.2, 0) is 4.79 Å². The number of ketones is 1. The summed E-state index contributed by atoms with van der Waals surface area (Å²) in [4.78, 5) is 11.7. The summed E-state index contributed by atoms with van der Waals surface area (Å²) in [5.74, 6) is -8.33. The molecule has 1 rings (SSSR count). The molecular formula is C8H11F4NO. The maximum Gasteiger partial charge on any atom is 0.323 e. The van der Waals surface area contributed by atoms with E-state index in [0.29, 0.717) is 0 Å². The largest absolute Gasteiger partial charge is 0.323 e. The van der Waals surface area contributed by atoms with Gasteiger partial charge in [-0.1, -0.05) is 6.92 Å². The molecule has 0 aromatic carbocycles. The molecule has 0 amide bonds. The number of halogens is 4. The van der Waals surface area contributed by atoms with Crippen molar-refractivity contribution in [2.45, 2.75) is 25.2 Å². The molecule has 2 nitrogen and oxygen atoms in total. The van der Waals surface area contributed by atoms with Gasteiger partial charge in [0, 0.05) is 6.42 Å². The lowest BCUT2D eigenvalue weighted by Gasteiger charge is -2.15. The first-order valence-corrected chi connectivity index (χ1v) is 4.28. The van der Waals surface area contributed by atoms with Gasteiger partial charge in [0.05, 0.1) is 19.6 Å². The number of likely N-dealkylation sites (tertiary alicyclic amines) is 1. The van der Waals surface area contributed by atoms with Crippen LogP contribution in [0.1, 0.15) is 13.3 Å². The van der Waals surface area contributed by atoms with Crippen LogP contribution in [0, 0.1) is 0 Å². The number of hydrogen-bond acceptors (Lipinski definition) is 2. The van der Waals surface area contributed by atoms with E-state index in [1.165, 1.54) is 0 Å². The Balaban J connectivity index is 2.60. The van der Waals surface area contributed by atoms with E-state index in [1.54, 1.807) is 6.92 Å². The molecule has 1 heterocycles. The minimum absolute atomic E-state index is 0.174. The summed E-state index contributed by atoms with van der Waals surface area (Å²) in [5.41, 5.74) is 0. The van der Waals surface area contributed by atoms with Crippen LogP contribution < -0.4 is 0 Å². The zero-order valence-electron chi connectivity index (χ0n) is 7.70. The van der Waals surface area contributed by atoms with E-state index >= 15 is 0 Å². The van der Waals surface area contributed by atoms with Gasteiger partial charge in [-0.25, -0.2) is 0 Å². The van der Waals surface area contributed by atoms with E-state index in [0.717, 1.165) is 4.90 Å². The Labute approximate surface area is 78.9 Å². The molecule has 6 heteroatoms. The molecule has 1 aliphatic rings. The molecule has 0 spiro atoms. The summed E-state index contributed by atoms with van der Waals surface area (Å²) < 4.78 is 50.5. The normalized spacial score (nSPS) is 25.2. The first-order chi connectivity index (χ1) is 6.28. The predicted molar refractivity (Wildman–Crippen MR) is 41.6 cm³/mol. The third-order valence-electron chi connectivity index (χ3n) is 2.17. The summed E-state index contributed by atoms with van der Waals surface area (Å²) in [6, 6.07) is 0. The fourth-order valence-electron chi connectivity index (χ4n) is 1.32. The summed E-state index contributed by atoms with van der Waals surface area (Å²) in [7, 11) is 0. The Bertz CT molecular complexity index is 225. The van der Waals surface area contributed by atoms with Crippen LogP contribution >= 0.6 is 0 Å². The molecule has 0 radical (unpaired) electrons. The summed E-state index contributed by atoms with van der Waals surface area (Å²) in [6.45, 7) is -0.826. The molecule has 82 valence electrons. The molecule has 0 saturated carbocycles. The number of carbonyl (C=O) groups is 1. The number of alkyl halides is 4. The summed E-state index contributed by atoms with van der Waals surface area (Å²) in [5, 5.41) is 0. The van der Waals surface area contributed by atoms with Gasteiger partial charge in [-0.05, 0) is 0 Å². The van der Waals surface area contributed by atoms with Gasteiger partial charge in [-0.15, -0.1) is 0 Å². The lowest BCUT2D eigenvalue weighted by molar-refractivity contribution is -0.172. The lowest BCUT2D eigenvalue weighted by atomic mass is 10.2. The van der Waals surface area contributed by atoms with Crippen molar-refractivity contribution in [3.8, 4) is 0 Å². The van der Waals surface area contributed by atoms with Gasteiger partial charge in [0.15, 0.2) is 0 Å². The second-order valence-electron chi connectivity index (χ2n) is 3.45. The van der Waals surface area contributed by atoms with Crippen LogP contribution in [0.5, 0.6) is 0 Å². The van der Waals surface area contributed by atoms with Crippen molar-refractivity contribution in [1.29, 1.82) is 0 Å². The Morgan fingerprint density at radius 3 is 2.00 bits per heavy atom. The molecule has 0 aliphatic carbocycles. The molecule has 0 aromatic rings. The van der Waals surface area contributed by atoms with Crippen molar-refractivity contribution >= 4 is 5.78 Å². The van der Waals surface area contributed by atoms with Gasteiger partial charge in [-0.2, -0.15) is 17.6 Å². The van der Waals surface area contributed by atoms with Crippen LogP contribution in [0.3, 0.4) is 0 Å². The smallest absolute Gasteiger partial charge is 0.298 e. The molecule has 0 bridgehead atoms. The van der Waals surface area contributed by atoms with Crippen LogP contribution in [0.15, 0.2) is 0 Å². The molecule has 14 heavy (non-hydrogen) atoms. The van der Waals surface area contributed by atoms with Gasteiger partial charge >= 0.3 is 11.8 Å². The van der Waals surface area contributed by atoms with Crippen molar-refractivity contribution in [1.82, 2.24) is 4.90 Å². The highest BCUT2D eigenvalue weighted by Gasteiger charge is 2.62. The topological polar surface area (TPSA) is 20.3 Å². The fourth-order valence-corrected chi connectivity index (χ4v) is 1.32. The van der Waals surface area contributed by atoms with Gasteiger partial charge in [0.2, 0.25) is 0 Å². The van der Waals surface area contributed by atoms with E-state index in [1.807, 2.05) is 0 Å². The van der Waals surface area contributed by atoms with Crippen LogP contribution in [0.4, 0.5) is 17.6 Å². The maximum atomic E-state index is 12.6. The molecule has 0 aromatic heterocycles. The predicted octanol–water partition coefficient (Wildman–Crippen LogP) is 1.55. The molecular weight excluding hydrogens is 202 g/mol. The molecule has 1 aliphatic heterocycles. The first kappa shape index (κ1) is 11.4. The quantitative estimate of drug-likeness (QED) is 0.663. The summed E-state index contributed by atoms with van der Waals surface area (Å²) >= 11 is 0. The highest BCUT2D eigenvalue weighted by molar-refractivity contribution is 5.80. The van der Waals surface area contributed by atoms with Crippen LogP contribution in [-0.4, -0.2) is 42.2 Å². The van der Waals surface area contributed by atoms with Gasteiger partial charge in [-0.3, -0.25) is 9.69 Å².